The first-order valence-corrected chi connectivity index (χ1v) is 17.7. The van der Waals surface area contributed by atoms with Gasteiger partial charge in [0.15, 0.2) is 0 Å². The number of nitrogens with two attached hydrogens (primary N) is 2. The quantitative estimate of drug-likeness (QED) is 0.128. The highest BCUT2D eigenvalue weighted by atomic mass is 79.9. The van der Waals surface area contributed by atoms with Crippen molar-refractivity contribution in [3.05, 3.63) is 175 Å². The van der Waals surface area contributed by atoms with Gasteiger partial charge in [-0.3, -0.25) is 9.59 Å². The summed E-state index contributed by atoms with van der Waals surface area (Å²) in [6.07, 6.45) is 3.07. The topological polar surface area (TPSA) is 144 Å². The Morgan fingerprint density at radius 2 is 0.981 bits per heavy atom. The minimum atomic E-state index is -0.507. The summed E-state index contributed by atoms with van der Waals surface area (Å²) in [7, 11) is 0. The van der Waals surface area contributed by atoms with E-state index >= 15 is 0 Å². The zero-order valence-corrected chi connectivity index (χ0v) is 29.8. The van der Waals surface area contributed by atoms with Gasteiger partial charge in [-0.1, -0.05) is 121 Å². The van der Waals surface area contributed by atoms with Crippen LogP contribution in [0.3, 0.4) is 0 Å². The van der Waals surface area contributed by atoms with Crippen molar-refractivity contribution in [2.24, 2.45) is 11.5 Å². The van der Waals surface area contributed by atoms with Crippen LogP contribution in [0.15, 0.2) is 148 Å². The van der Waals surface area contributed by atoms with E-state index < -0.39 is 12.1 Å². The summed E-state index contributed by atoms with van der Waals surface area (Å²) in [5, 5.41) is 1.28. The molecule has 6 N–H and O–H groups in total. The van der Waals surface area contributed by atoms with Crippen LogP contribution in [0, 0.1) is 0 Å². The molecular weight excluding hydrogens is 736 g/mol. The molecule has 254 valence electrons. The van der Waals surface area contributed by atoms with Crippen LogP contribution in [0.5, 0.6) is 0 Å². The smallest absolute Gasteiger partial charge is 0.257 e. The molecule has 0 aliphatic heterocycles. The summed E-state index contributed by atoms with van der Waals surface area (Å²) in [6, 6.07) is 38.2. The molecule has 0 amide bonds. The van der Waals surface area contributed by atoms with Crippen molar-refractivity contribution in [1.29, 1.82) is 0 Å². The van der Waals surface area contributed by atoms with E-state index in [2.05, 4.69) is 25.9 Å². The molecule has 2 atom stereocenters. The van der Waals surface area contributed by atoms with Crippen molar-refractivity contribution >= 4 is 49.3 Å². The Kier molecular flexibility index (Phi) is 8.86. The van der Waals surface area contributed by atoms with Gasteiger partial charge in [-0.15, -0.1) is 0 Å². The second-order valence-electron chi connectivity index (χ2n) is 12.5. The predicted molar refractivity (Wildman–Crippen MR) is 213 cm³/mol. The van der Waals surface area contributed by atoms with Gasteiger partial charge >= 0.3 is 0 Å². The maximum Gasteiger partial charge on any atom is 0.257 e. The number of aromatic amines is 2. The van der Waals surface area contributed by atoms with E-state index in [1.54, 1.807) is 6.20 Å². The normalized spacial score (nSPS) is 12.6. The number of hydrogen-bond acceptors (Lipinski definition) is 6. The highest BCUT2D eigenvalue weighted by Gasteiger charge is 2.21. The van der Waals surface area contributed by atoms with E-state index in [9.17, 15) is 9.59 Å². The fourth-order valence-electron chi connectivity index (χ4n) is 6.54. The van der Waals surface area contributed by atoms with Gasteiger partial charge in [0, 0.05) is 46.7 Å². The van der Waals surface area contributed by atoms with E-state index in [1.807, 2.05) is 121 Å². The van der Waals surface area contributed by atoms with Gasteiger partial charge in [0.05, 0.1) is 42.7 Å². The molecule has 0 saturated carbocycles. The number of H-pyrrole nitrogens is 2. The fraction of sp³-hybridized carbons (Fsp3) is 0.0476. The lowest BCUT2D eigenvalue weighted by Crippen LogP contribution is -2.26. The molecule has 0 bridgehead atoms. The number of benzene rings is 4. The van der Waals surface area contributed by atoms with Crippen molar-refractivity contribution in [3.8, 4) is 44.8 Å². The Morgan fingerprint density at radius 1 is 0.558 bits per heavy atom. The molecule has 0 saturated heterocycles. The second-order valence-corrected chi connectivity index (χ2v) is 13.8. The third-order valence-electron chi connectivity index (χ3n) is 9.34. The molecule has 52 heavy (non-hydrogen) atoms. The molecule has 8 aromatic rings. The summed E-state index contributed by atoms with van der Waals surface area (Å²) in [5.41, 5.74) is 22.5. The molecule has 8 nitrogen and oxygen atoms in total. The van der Waals surface area contributed by atoms with Crippen molar-refractivity contribution in [1.82, 2.24) is 19.9 Å². The Hall–Kier alpha value is -5.71. The zero-order valence-electron chi connectivity index (χ0n) is 27.5. The average Bonchev–Trinajstić information content (AvgIpc) is 3.20. The zero-order chi connectivity index (χ0) is 35.9. The Labute approximate surface area is 311 Å². The number of nitrogens with one attached hydrogen (secondary N) is 2. The standard InChI is InChI=1S/C42H30BrClN6O2/c43-33-21-47-41(51)31-19-29(23-7-3-1-4-8-23)37(49-39(31)33)27-15-11-25(12-16-27)35(45)36(46)26-13-17-28(18-14-26)38-30(24-9-5-2-6-10-24)20-32-40(50-38)34(44)22-48-42(32)52/h1-22,35-36H,45-46H2,(H,47,51)(H,48,52). The average molecular weight is 766 g/mol. The molecular formula is C42H30BrClN6O2. The van der Waals surface area contributed by atoms with Gasteiger partial charge in [-0.25, -0.2) is 9.97 Å². The van der Waals surface area contributed by atoms with Gasteiger partial charge in [0.1, 0.15) is 0 Å². The predicted octanol–water partition coefficient (Wildman–Crippen LogP) is 8.94. The lowest BCUT2D eigenvalue weighted by molar-refractivity contribution is 0.574. The summed E-state index contributed by atoms with van der Waals surface area (Å²) in [4.78, 5) is 40.8. The molecule has 4 aromatic heterocycles. The lowest BCUT2D eigenvalue weighted by Gasteiger charge is -2.22. The largest absolute Gasteiger partial charge is 0.327 e. The first-order chi connectivity index (χ1) is 25.3. The molecule has 0 fully saturated rings. The van der Waals surface area contributed by atoms with E-state index in [-0.39, 0.29) is 11.1 Å². The number of hydrogen-bond donors (Lipinski definition) is 4. The minimum absolute atomic E-state index is 0.205. The summed E-state index contributed by atoms with van der Waals surface area (Å²) in [6.45, 7) is 0. The summed E-state index contributed by atoms with van der Waals surface area (Å²) in [5.74, 6) is 0. The van der Waals surface area contributed by atoms with E-state index in [4.69, 9.17) is 33.0 Å². The number of fused-ring (bicyclic) bond motifs is 2. The van der Waals surface area contributed by atoms with Crippen LogP contribution in [-0.2, 0) is 0 Å². The molecule has 0 aliphatic rings. The number of pyridine rings is 4. The van der Waals surface area contributed by atoms with E-state index in [1.165, 1.54) is 6.20 Å². The molecule has 4 aromatic carbocycles. The number of halogens is 2. The fourth-order valence-corrected chi connectivity index (χ4v) is 7.16. The number of nitrogens with zero attached hydrogens (tertiary/aromatic N) is 2. The summed E-state index contributed by atoms with van der Waals surface area (Å²) < 4.78 is 0.699. The minimum Gasteiger partial charge on any atom is -0.327 e. The van der Waals surface area contributed by atoms with Crippen LogP contribution in [0.4, 0.5) is 0 Å². The Morgan fingerprint density at radius 3 is 1.46 bits per heavy atom. The summed E-state index contributed by atoms with van der Waals surface area (Å²) >= 11 is 10.0. The van der Waals surface area contributed by atoms with Gasteiger partial charge in [-0.2, -0.15) is 0 Å². The monoisotopic (exact) mass is 764 g/mol. The number of aromatic nitrogens is 4. The van der Waals surface area contributed by atoms with E-state index in [0.29, 0.717) is 37.0 Å². The number of rotatable bonds is 7. The van der Waals surface area contributed by atoms with Crippen molar-refractivity contribution in [3.63, 3.8) is 0 Å². The maximum atomic E-state index is 12.7. The van der Waals surface area contributed by atoms with Crippen LogP contribution in [0.25, 0.3) is 66.6 Å². The SMILES string of the molecule is NC(c1ccc(-c2nc3c(Cl)c[nH]c(=O)c3cc2-c2ccccc2)cc1)C(N)c1ccc(-c2nc3c(Br)c[nH]c(=O)c3cc2-c2ccccc2)cc1. The van der Waals surface area contributed by atoms with Crippen LogP contribution >= 0.6 is 27.5 Å². The lowest BCUT2D eigenvalue weighted by atomic mass is 9.91. The molecule has 2 unspecified atom stereocenters. The van der Waals surface area contributed by atoms with Crippen molar-refractivity contribution in [2.45, 2.75) is 12.1 Å². The molecule has 4 heterocycles. The van der Waals surface area contributed by atoms with Crippen LogP contribution < -0.4 is 22.6 Å². The highest BCUT2D eigenvalue weighted by Crippen LogP contribution is 2.37. The van der Waals surface area contributed by atoms with Gasteiger partial charge < -0.3 is 21.4 Å². The van der Waals surface area contributed by atoms with Gasteiger partial charge in [0.2, 0.25) is 0 Å². The van der Waals surface area contributed by atoms with Crippen LogP contribution in [0.2, 0.25) is 5.02 Å². The second kappa shape index (κ2) is 13.8. The first-order valence-electron chi connectivity index (χ1n) is 16.5. The first kappa shape index (κ1) is 33.4. The van der Waals surface area contributed by atoms with Gasteiger partial charge in [-0.05, 0) is 50.3 Å². The molecule has 0 radical (unpaired) electrons. The van der Waals surface area contributed by atoms with Gasteiger partial charge in [0.25, 0.3) is 11.1 Å². The van der Waals surface area contributed by atoms with Crippen LogP contribution in [0.1, 0.15) is 23.2 Å². The third-order valence-corrected chi connectivity index (χ3v) is 10.2. The maximum absolute atomic E-state index is 12.7. The highest BCUT2D eigenvalue weighted by molar-refractivity contribution is 9.10. The molecule has 0 aliphatic carbocycles. The molecule has 10 heteroatoms. The van der Waals surface area contributed by atoms with Crippen molar-refractivity contribution < 1.29 is 0 Å². The van der Waals surface area contributed by atoms with E-state index in [0.717, 1.165) is 50.2 Å². The molecule has 0 spiro atoms. The third kappa shape index (κ3) is 6.14. The Bertz CT molecular complexity index is 2530. The molecule has 8 rings (SSSR count). The Balaban J connectivity index is 1.11. The van der Waals surface area contributed by atoms with Crippen LogP contribution in [-0.4, -0.2) is 19.9 Å². The van der Waals surface area contributed by atoms with Crippen molar-refractivity contribution in [2.75, 3.05) is 0 Å².